The van der Waals surface area contributed by atoms with Crippen LogP contribution in [0.25, 0.3) is 21.5 Å². The first-order valence-corrected chi connectivity index (χ1v) is 8.55. The molecule has 0 aliphatic heterocycles. The quantitative estimate of drug-likeness (QED) is 0.412. The maximum Gasteiger partial charge on any atom is 0.328 e. The molecule has 0 aliphatic rings. The van der Waals surface area contributed by atoms with Crippen molar-refractivity contribution >= 4 is 33.4 Å². The molecule has 3 aromatic rings. The summed E-state index contributed by atoms with van der Waals surface area (Å²) in [6.07, 6.45) is 2.77. The number of benzene rings is 3. The molecular weight excluding hydrogens is 326 g/mol. The Labute approximate surface area is 152 Å². The zero-order chi connectivity index (χ0) is 18.5. The summed E-state index contributed by atoms with van der Waals surface area (Å²) >= 11 is 0. The number of ether oxygens (including phenoxy) is 1. The Kier molecular flexibility index (Phi) is 5.32. The predicted molar refractivity (Wildman–Crippen MR) is 104 cm³/mol. The monoisotopic (exact) mass is 347 g/mol. The fourth-order valence-electron chi connectivity index (χ4n) is 3.16. The molecule has 1 N–H and O–H groups in total. The molecule has 0 spiro atoms. The zero-order valence-electron chi connectivity index (χ0n) is 14.7. The zero-order valence-corrected chi connectivity index (χ0v) is 14.7. The smallest absolute Gasteiger partial charge is 0.328 e. The van der Waals surface area contributed by atoms with Crippen molar-refractivity contribution in [3.8, 4) is 0 Å². The molecule has 0 radical (unpaired) electrons. The van der Waals surface area contributed by atoms with Gasteiger partial charge in [-0.3, -0.25) is 4.79 Å². The Bertz CT molecular complexity index is 923. The number of methoxy groups -OCH3 is 1. The predicted octanol–water partition coefficient (Wildman–Crippen LogP) is 4.23. The van der Waals surface area contributed by atoms with Crippen LogP contribution >= 0.6 is 0 Å². The van der Waals surface area contributed by atoms with E-state index in [0.717, 1.165) is 21.5 Å². The lowest BCUT2D eigenvalue weighted by Gasteiger charge is -2.18. The molecule has 4 nitrogen and oxygen atoms in total. The van der Waals surface area contributed by atoms with Crippen molar-refractivity contribution in [1.82, 2.24) is 5.32 Å². The van der Waals surface area contributed by atoms with Gasteiger partial charge in [-0.05, 0) is 40.5 Å². The lowest BCUT2D eigenvalue weighted by Crippen LogP contribution is -2.41. The Balaban J connectivity index is 2.08. The molecule has 0 unspecified atom stereocenters. The van der Waals surface area contributed by atoms with Crippen LogP contribution in [-0.4, -0.2) is 25.0 Å². The number of esters is 1. The molecule has 1 amide bonds. The fourth-order valence-corrected chi connectivity index (χ4v) is 3.16. The van der Waals surface area contributed by atoms with Gasteiger partial charge in [0.1, 0.15) is 6.04 Å². The van der Waals surface area contributed by atoms with Gasteiger partial charge in [-0.15, -0.1) is 6.58 Å². The summed E-state index contributed by atoms with van der Waals surface area (Å²) in [5.74, 6) is -0.734. The van der Waals surface area contributed by atoms with E-state index in [0.29, 0.717) is 18.4 Å². The maximum atomic E-state index is 13.1. The third-order valence-corrected chi connectivity index (χ3v) is 4.45. The van der Waals surface area contributed by atoms with Crippen molar-refractivity contribution < 1.29 is 14.3 Å². The number of amides is 1. The Morgan fingerprint density at radius 2 is 1.65 bits per heavy atom. The van der Waals surface area contributed by atoms with Gasteiger partial charge < -0.3 is 10.1 Å². The number of nitrogens with one attached hydrogen (secondary N) is 1. The standard InChI is InChI=1S/C22H21NO3/c1-3-4-13-19(22(25)26-2)23-21(24)20-17-11-7-5-9-15(17)14-16-10-6-8-12-18(16)20/h3,5-12,14,19H,1,4,13H2,2H3,(H,23,24)/t19-/m1/s1. The van der Waals surface area contributed by atoms with E-state index in [2.05, 4.69) is 18.0 Å². The molecule has 0 heterocycles. The van der Waals surface area contributed by atoms with Gasteiger partial charge in [0.05, 0.1) is 12.7 Å². The van der Waals surface area contributed by atoms with Crippen LogP contribution in [0.3, 0.4) is 0 Å². The van der Waals surface area contributed by atoms with Crippen molar-refractivity contribution in [3.05, 3.63) is 72.8 Å². The highest BCUT2D eigenvalue weighted by Gasteiger charge is 2.23. The summed E-state index contributed by atoms with van der Waals surface area (Å²) in [5, 5.41) is 6.52. The summed E-state index contributed by atoms with van der Waals surface area (Å²) in [6.45, 7) is 3.67. The van der Waals surface area contributed by atoms with E-state index in [1.165, 1.54) is 7.11 Å². The summed E-state index contributed by atoms with van der Waals surface area (Å²) in [6, 6.07) is 16.9. The minimum absolute atomic E-state index is 0.280. The maximum absolute atomic E-state index is 13.1. The third kappa shape index (κ3) is 3.45. The van der Waals surface area contributed by atoms with Gasteiger partial charge >= 0.3 is 5.97 Å². The number of hydrogen-bond donors (Lipinski definition) is 1. The summed E-state index contributed by atoms with van der Waals surface area (Å²) < 4.78 is 4.83. The molecule has 1 atom stereocenters. The van der Waals surface area contributed by atoms with Crippen LogP contribution in [0.2, 0.25) is 0 Å². The van der Waals surface area contributed by atoms with Gasteiger partial charge in [0, 0.05) is 0 Å². The molecule has 0 bridgehead atoms. The van der Waals surface area contributed by atoms with Crippen LogP contribution in [0.4, 0.5) is 0 Å². The normalized spacial score (nSPS) is 11.9. The molecule has 4 heteroatoms. The van der Waals surface area contributed by atoms with E-state index >= 15 is 0 Å². The first kappa shape index (κ1) is 17.7. The topological polar surface area (TPSA) is 55.4 Å². The fraction of sp³-hybridized carbons (Fsp3) is 0.182. The SMILES string of the molecule is C=CCC[C@@H](NC(=O)c1c2ccccc2cc2ccccc12)C(=O)OC. The summed E-state index contributed by atoms with van der Waals surface area (Å²) in [4.78, 5) is 25.2. The van der Waals surface area contributed by atoms with Crippen molar-refractivity contribution in [2.24, 2.45) is 0 Å². The first-order valence-electron chi connectivity index (χ1n) is 8.55. The van der Waals surface area contributed by atoms with Gasteiger partial charge in [-0.1, -0.05) is 54.6 Å². The molecule has 132 valence electrons. The molecule has 26 heavy (non-hydrogen) atoms. The van der Waals surface area contributed by atoms with Crippen molar-refractivity contribution in [1.29, 1.82) is 0 Å². The number of allylic oxidation sites excluding steroid dienone is 1. The Morgan fingerprint density at radius 1 is 1.08 bits per heavy atom. The minimum Gasteiger partial charge on any atom is -0.467 e. The molecule has 3 rings (SSSR count). The second-order valence-electron chi connectivity index (χ2n) is 6.11. The second kappa shape index (κ2) is 7.83. The van der Waals surface area contributed by atoms with E-state index in [-0.39, 0.29) is 5.91 Å². The van der Waals surface area contributed by atoms with Gasteiger partial charge in [0.25, 0.3) is 5.91 Å². The van der Waals surface area contributed by atoms with Crippen molar-refractivity contribution in [3.63, 3.8) is 0 Å². The van der Waals surface area contributed by atoms with Crippen LogP contribution in [-0.2, 0) is 9.53 Å². The number of rotatable bonds is 6. The average molecular weight is 347 g/mol. The van der Waals surface area contributed by atoms with Crippen LogP contribution in [0.1, 0.15) is 23.2 Å². The highest BCUT2D eigenvalue weighted by atomic mass is 16.5. The molecule has 0 aliphatic carbocycles. The van der Waals surface area contributed by atoms with Crippen LogP contribution in [0, 0.1) is 0 Å². The number of hydrogen-bond acceptors (Lipinski definition) is 3. The van der Waals surface area contributed by atoms with E-state index in [9.17, 15) is 9.59 Å². The van der Waals surface area contributed by atoms with Crippen LogP contribution in [0.5, 0.6) is 0 Å². The highest BCUT2D eigenvalue weighted by molar-refractivity contribution is 6.18. The summed E-state index contributed by atoms with van der Waals surface area (Å²) in [7, 11) is 1.32. The van der Waals surface area contributed by atoms with Gasteiger partial charge in [-0.25, -0.2) is 4.79 Å². The number of fused-ring (bicyclic) bond motifs is 2. The molecule has 0 saturated heterocycles. The lowest BCUT2D eigenvalue weighted by atomic mass is 9.96. The molecular formula is C22H21NO3. The Hall–Kier alpha value is -3.14. The van der Waals surface area contributed by atoms with Crippen LogP contribution < -0.4 is 5.32 Å². The molecule has 3 aromatic carbocycles. The second-order valence-corrected chi connectivity index (χ2v) is 6.11. The molecule has 0 saturated carbocycles. The lowest BCUT2D eigenvalue weighted by molar-refractivity contribution is -0.143. The Morgan fingerprint density at radius 3 is 2.19 bits per heavy atom. The van der Waals surface area contributed by atoms with E-state index < -0.39 is 12.0 Å². The van der Waals surface area contributed by atoms with Gasteiger partial charge in [-0.2, -0.15) is 0 Å². The van der Waals surface area contributed by atoms with E-state index in [1.807, 2.05) is 48.5 Å². The van der Waals surface area contributed by atoms with Crippen molar-refractivity contribution in [2.75, 3.05) is 7.11 Å². The number of carbonyl (C=O) groups excluding carboxylic acids is 2. The molecule has 0 aromatic heterocycles. The summed E-state index contributed by atoms with van der Waals surface area (Å²) in [5.41, 5.74) is 0.575. The molecule has 0 fully saturated rings. The minimum atomic E-state index is -0.705. The third-order valence-electron chi connectivity index (χ3n) is 4.45. The van der Waals surface area contributed by atoms with Crippen LogP contribution in [0.15, 0.2) is 67.3 Å². The largest absolute Gasteiger partial charge is 0.467 e. The first-order chi connectivity index (χ1) is 12.7. The highest BCUT2D eigenvalue weighted by Crippen LogP contribution is 2.28. The van der Waals surface area contributed by atoms with Crippen molar-refractivity contribution in [2.45, 2.75) is 18.9 Å². The van der Waals surface area contributed by atoms with E-state index in [1.54, 1.807) is 6.08 Å². The van der Waals surface area contributed by atoms with E-state index in [4.69, 9.17) is 4.74 Å². The number of carbonyl (C=O) groups is 2. The average Bonchev–Trinajstić information content (AvgIpc) is 2.68. The van der Waals surface area contributed by atoms with Gasteiger partial charge in [0.2, 0.25) is 0 Å². The van der Waals surface area contributed by atoms with Gasteiger partial charge in [0.15, 0.2) is 0 Å².